The van der Waals surface area contributed by atoms with Gasteiger partial charge in [-0.2, -0.15) is 5.26 Å². The van der Waals surface area contributed by atoms with E-state index in [-0.39, 0.29) is 0 Å². The van der Waals surface area contributed by atoms with Gasteiger partial charge in [0.2, 0.25) is 0 Å². The lowest BCUT2D eigenvalue weighted by molar-refractivity contribution is 0.319. The van der Waals surface area contributed by atoms with Crippen LogP contribution in [0.5, 0.6) is 5.75 Å². The Morgan fingerprint density at radius 1 is 1.21 bits per heavy atom. The van der Waals surface area contributed by atoms with Gasteiger partial charge in [0.25, 0.3) is 5.56 Å². The van der Waals surface area contributed by atoms with Crippen LogP contribution in [0.3, 0.4) is 0 Å². The van der Waals surface area contributed by atoms with Gasteiger partial charge in [0.05, 0.1) is 16.3 Å². The number of hydrogen-bond acceptors (Lipinski definition) is 6. The monoisotopic (exact) mass is 359 g/mol. The van der Waals surface area contributed by atoms with E-state index < -0.39 is 11.2 Å². The van der Waals surface area contributed by atoms with E-state index in [1.807, 2.05) is 30.3 Å². The van der Waals surface area contributed by atoms with E-state index in [9.17, 15) is 14.9 Å². The quantitative estimate of drug-likeness (QED) is 0.521. The predicted molar refractivity (Wildman–Crippen MR) is 95.1 cm³/mol. The summed E-state index contributed by atoms with van der Waals surface area (Å²) in [6.07, 6.45) is 0.797. The average Bonchev–Trinajstić information content (AvgIpc) is 2.93. The number of fused-ring (bicyclic) bond motifs is 1. The van der Waals surface area contributed by atoms with Crippen LogP contribution in [-0.2, 0) is 0 Å². The Balaban J connectivity index is 1.65. The molecule has 0 fully saturated rings. The summed E-state index contributed by atoms with van der Waals surface area (Å²) in [5.74, 6) is 1.57. The van der Waals surface area contributed by atoms with E-state index in [0.29, 0.717) is 22.4 Å². The lowest BCUT2D eigenvalue weighted by atomic mass is 10.3. The summed E-state index contributed by atoms with van der Waals surface area (Å²) < 4.78 is 6.72. The Kier molecular flexibility index (Phi) is 5.03. The molecule has 2 N–H and O–H groups in total. The smallest absolute Gasteiger partial charge is 0.326 e. The maximum absolute atomic E-state index is 11.8. The molecule has 0 unspecified atom stereocenters. The second-order valence-corrected chi connectivity index (χ2v) is 7.24. The highest BCUT2D eigenvalue weighted by atomic mass is 32.2. The molecule has 0 saturated carbocycles. The number of H-pyrrole nitrogens is 2. The first-order valence-corrected chi connectivity index (χ1v) is 8.99. The van der Waals surface area contributed by atoms with Gasteiger partial charge in [-0.3, -0.25) is 9.78 Å². The molecule has 0 aliphatic heterocycles. The number of rotatable bonds is 6. The Morgan fingerprint density at radius 2 is 2.00 bits per heavy atom. The summed E-state index contributed by atoms with van der Waals surface area (Å²) in [6.45, 7) is 0.571. The van der Waals surface area contributed by atoms with Crippen LogP contribution in [-0.4, -0.2) is 22.3 Å². The number of ether oxygens (including phenoxy) is 1. The van der Waals surface area contributed by atoms with E-state index in [4.69, 9.17) is 4.74 Å². The second kappa shape index (κ2) is 7.38. The highest BCUT2D eigenvalue weighted by molar-refractivity contribution is 8.01. The number of aromatic nitrogens is 2. The van der Waals surface area contributed by atoms with Crippen molar-refractivity contribution in [1.82, 2.24) is 9.97 Å². The van der Waals surface area contributed by atoms with Crippen molar-refractivity contribution < 1.29 is 4.74 Å². The van der Waals surface area contributed by atoms with Gasteiger partial charge in [-0.1, -0.05) is 18.2 Å². The minimum atomic E-state index is -0.602. The van der Waals surface area contributed by atoms with E-state index in [2.05, 4.69) is 16.0 Å². The first-order chi connectivity index (χ1) is 11.7. The lowest BCUT2D eigenvalue weighted by Crippen LogP contribution is -2.20. The Bertz CT molecular complexity index is 999. The summed E-state index contributed by atoms with van der Waals surface area (Å²) in [5.41, 5.74) is -0.393. The van der Waals surface area contributed by atoms with Crippen molar-refractivity contribution >= 4 is 33.3 Å². The average molecular weight is 359 g/mol. The van der Waals surface area contributed by atoms with Crippen LogP contribution in [0.2, 0.25) is 0 Å². The van der Waals surface area contributed by atoms with Crippen molar-refractivity contribution in [1.29, 1.82) is 5.26 Å². The zero-order chi connectivity index (χ0) is 16.9. The molecule has 2 aromatic heterocycles. The number of nitrogens with one attached hydrogen (secondary N) is 2. The zero-order valence-corrected chi connectivity index (χ0v) is 14.1. The highest BCUT2D eigenvalue weighted by Gasteiger charge is 2.15. The standard InChI is InChI=1S/C16H13N3O3S2/c17-9-11-12-13(14(20)19-16(21)18-12)24-15(11)23-8-4-7-22-10-5-2-1-3-6-10/h1-3,5-6H,4,7-8H2,(H2,18,19,20,21). The molecule has 0 saturated heterocycles. The second-order valence-electron chi connectivity index (χ2n) is 4.85. The van der Waals surface area contributed by atoms with Crippen molar-refractivity contribution in [3.63, 3.8) is 0 Å². The van der Waals surface area contributed by atoms with Gasteiger partial charge in [0, 0.05) is 5.75 Å². The molecular weight excluding hydrogens is 346 g/mol. The van der Waals surface area contributed by atoms with Crippen LogP contribution in [0.1, 0.15) is 12.0 Å². The van der Waals surface area contributed by atoms with Gasteiger partial charge in [-0.05, 0) is 18.6 Å². The number of thiophene rings is 1. The third kappa shape index (κ3) is 3.53. The van der Waals surface area contributed by atoms with Crippen molar-refractivity contribution in [2.24, 2.45) is 0 Å². The molecule has 3 aromatic rings. The van der Waals surface area contributed by atoms with Gasteiger partial charge < -0.3 is 9.72 Å². The fraction of sp³-hybridized carbons (Fsp3) is 0.188. The molecule has 122 valence electrons. The van der Waals surface area contributed by atoms with E-state index in [1.54, 1.807) is 0 Å². The predicted octanol–water partition coefficient (Wildman–Crippen LogP) is 2.71. The van der Waals surface area contributed by atoms with Gasteiger partial charge in [-0.25, -0.2) is 4.79 Å². The fourth-order valence-corrected chi connectivity index (χ4v) is 4.44. The zero-order valence-electron chi connectivity index (χ0n) is 12.5. The summed E-state index contributed by atoms with van der Waals surface area (Å²) in [6, 6.07) is 11.6. The van der Waals surface area contributed by atoms with Crippen LogP contribution in [0.25, 0.3) is 10.2 Å². The number of thioether (sulfide) groups is 1. The molecule has 0 amide bonds. The highest BCUT2D eigenvalue weighted by Crippen LogP contribution is 2.34. The van der Waals surface area contributed by atoms with Crippen LogP contribution in [0, 0.1) is 11.3 Å². The van der Waals surface area contributed by atoms with E-state index in [1.165, 1.54) is 23.1 Å². The first kappa shape index (κ1) is 16.4. The van der Waals surface area contributed by atoms with Crippen molar-refractivity contribution in [3.05, 3.63) is 56.7 Å². The maximum atomic E-state index is 11.8. The van der Waals surface area contributed by atoms with Crippen LogP contribution < -0.4 is 16.0 Å². The SMILES string of the molecule is N#Cc1c(SCCCOc2ccccc2)sc2c(=O)[nH]c(=O)[nH]c12. The summed E-state index contributed by atoms with van der Waals surface area (Å²) in [4.78, 5) is 27.9. The molecule has 0 aliphatic carbocycles. The lowest BCUT2D eigenvalue weighted by Gasteiger charge is -2.05. The molecule has 2 heterocycles. The van der Waals surface area contributed by atoms with Crippen molar-refractivity contribution in [2.75, 3.05) is 12.4 Å². The largest absolute Gasteiger partial charge is 0.494 e. The van der Waals surface area contributed by atoms with Gasteiger partial charge >= 0.3 is 5.69 Å². The summed E-state index contributed by atoms with van der Waals surface area (Å²) in [5, 5.41) is 9.32. The number of benzene rings is 1. The third-order valence-electron chi connectivity index (χ3n) is 3.19. The van der Waals surface area contributed by atoms with Gasteiger partial charge in [-0.15, -0.1) is 23.1 Å². The molecule has 1 aromatic carbocycles. The molecule has 0 bridgehead atoms. The summed E-state index contributed by atoms with van der Waals surface area (Å²) >= 11 is 2.71. The molecule has 0 aliphatic rings. The number of nitriles is 1. The first-order valence-electron chi connectivity index (χ1n) is 7.19. The van der Waals surface area contributed by atoms with Crippen molar-refractivity contribution in [3.8, 4) is 11.8 Å². The van der Waals surface area contributed by atoms with Gasteiger partial charge in [0.15, 0.2) is 0 Å². The number of nitrogens with zero attached hydrogens (tertiary/aromatic N) is 1. The Morgan fingerprint density at radius 3 is 2.75 bits per heavy atom. The normalized spacial score (nSPS) is 10.6. The molecule has 3 rings (SSSR count). The molecule has 24 heavy (non-hydrogen) atoms. The Labute approximate surface area is 145 Å². The minimum Gasteiger partial charge on any atom is -0.494 e. The number of hydrogen-bond donors (Lipinski definition) is 2. The maximum Gasteiger partial charge on any atom is 0.326 e. The molecule has 8 heteroatoms. The van der Waals surface area contributed by atoms with Crippen LogP contribution in [0.4, 0.5) is 0 Å². The van der Waals surface area contributed by atoms with E-state index in [0.717, 1.165) is 22.1 Å². The van der Waals surface area contributed by atoms with E-state index >= 15 is 0 Å². The molecular formula is C16H13N3O3S2. The minimum absolute atomic E-state index is 0.319. The fourth-order valence-electron chi connectivity index (χ4n) is 2.13. The number of para-hydroxylation sites is 1. The van der Waals surface area contributed by atoms with Gasteiger partial charge in [0.1, 0.15) is 22.1 Å². The molecule has 0 atom stereocenters. The Hall–Kier alpha value is -2.50. The third-order valence-corrected chi connectivity index (χ3v) is 5.74. The van der Waals surface area contributed by atoms with Crippen molar-refractivity contribution in [2.45, 2.75) is 10.6 Å². The molecule has 0 radical (unpaired) electrons. The summed E-state index contributed by atoms with van der Waals surface area (Å²) in [7, 11) is 0. The molecule has 6 nitrogen and oxygen atoms in total. The molecule has 0 spiro atoms. The topological polar surface area (TPSA) is 98.7 Å². The van der Waals surface area contributed by atoms with Crippen LogP contribution >= 0.6 is 23.1 Å². The van der Waals surface area contributed by atoms with Crippen LogP contribution in [0.15, 0.2) is 44.1 Å². The number of aromatic amines is 2.